The number of amides is 1. The molecule has 1 amide bonds. The molecule has 0 aliphatic carbocycles. The second kappa shape index (κ2) is 5.40. The van der Waals surface area contributed by atoms with Crippen molar-refractivity contribution in [3.05, 3.63) is 47.9 Å². The Kier molecular flexibility index (Phi) is 3.67. The number of ether oxygens (including phenoxy) is 1. The van der Waals surface area contributed by atoms with Crippen molar-refractivity contribution in [2.24, 2.45) is 0 Å². The van der Waals surface area contributed by atoms with Gasteiger partial charge in [0.2, 0.25) is 5.91 Å². The summed E-state index contributed by atoms with van der Waals surface area (Å²) in [7, 11) is 1.58. The fourth-order valence-corrected chi connectivity index (χ4v) is 1.69. The third-order valence-electron chi connectivity index (χ3n) is 2.54. The van der Waals surface area contributed by atoms with E-state index in [0.29, 0.717) is 17.2 Å². The smallest absolute Gasteiger partial charge is 0.232 e. The van der Waals surface area contributed by atoms with Crippen LogP contribution in [0, 0.1) is 6.92 Å². The normalized spacial score (nSPS) is 10.1. The monoisotopic (exact) mass is 245 g/mol. The van der Waals surface area contributed by atoms with Gasteiger partial charge in [-0.05, 0) is 36.8 Å². The van der Waals surface area contributed by atoms with Crippen LogP contribution < -0.4 is 10.1 Å². The van der Waals surface area contributed by atoms with Crippen molar-refractivity contribution in [1.29, 1.82) is 0 Å². The van der Waals surface area contributed by atoms with Gasteiger partial charge < -0.3 is 14.5 Å². The highest BCUT2D eigenvalue weighted by molar-refractivity contribution is 5.93. The number of carbonyl (C=O) groups is 1. The van der Waals surface area contributed by atoms with Crippen molar-refractivity contribution < 1.29 is 13.9 Å². The molecule has 4 nitrogen and oxygen atoms in total. The van der Waals surface area contributed by atoms with Crippen LogP contribution in [-0.2, 0) is 11.2 Å². The van der Waals surface area contributed by atoms with E-state index in [4.69, 9.17) is 9.15 Å². The Morgan fingerprint density at radius 1 is 1.39 bits per heavy atom. The molecule has 1 N–H and O–H groups in total. The van der Waals surface area contributed by atoms with Crippen molar-refractivity contribution in [2.45, 2.75) is 13.3 Å². The predicted octanol–water partition coefficient (Wildman–Crippen LogP) is 2.78. The van der Waals surface area contributed by atoms with Crippen LogP contribution in [0.25, 0.3) is 0 Å². The number of hydrogen-bond donors (Lipinski definition) is 1. The number of hydrogen-bond acceptors (Lipinski definition) is 3. The summed E-state index contributed by atoms with van der Waals surface area (Å²) >= 11 is 0. The predicted molar refractivity (Wildman–Crippen MR) is 68.8 cm³/mol. The van der Waals surface area contributed by atoms with Crippen LogP contribution in [0.2, 0.25) is 0 Å². The molecule has 0 bridgehead atoms. The van der Waals surface area contributed by atoms with Gasteiger partial charge in [-0.1, -0.05) is 6.07 Å². The summed E-state index contributed by atoms with van der Waals surface area (Å²) < 4.78 is 10.3. The SMILES string of the molecule is COc1ccc(C)cc1NC(=O)Cc1ccco1. The minimum atomic E-state index is -0.131. The van der Waals surface area contributed by atoms with E-state index in [-0.39, 0.29) is 12.3 Å². The standard InChI is InChI=1S/C14H15NO3/c1-10-5-6-13(17-2)12(8-10)15-14(16)9-11-4-3-7-18-11/h3-8H,9H2,1-2H3,(H,15,16). The maximum absolute atomic E-state index is 11.8. The molecule has 4 heteroatoms. The maximum atomic E-state index is 11.8. The van der Waals surface area contributed by atoms with Crippen LogP contribution in [0.15, 0.2) is 41.0 Å². The topological polar surface area (TPSA) is 51.5 Å². The van der Waals surface area contributed by atoms with Crippen molar-refractivity contribution in [2.75, 3.05) is 12.4 Å². The molecule has 0 saturated carbocycles. The summed E-state index contributed by atoms with van der Waals surface area (Å²) in [5, 5.41) is 2.82. The number of carbonyl (C=O) groups excluding carboxylic acids is 1. The summed E-state index contributed by atoms with van der Waals surface area (Å²) in [6, 6.07) is 9.17. The van der Waals surface area contributed by atoms with Gasteiger partial charge in [-0.25, -0.2) is 0 Å². The minimum Gasteiger partial charge on any atom is -0.495 e. The molecule has 0 atom stereocenters. The van der Waals surface area contributed by atoms with E-state index < -0.39 is 0 Å². The molecule has 0 unspecified atom stereocenters. The molecule has 1 heterocycles. The molecule has 0 radical (unpaired) electrons. The van der Waals surface area contributed by atoms with E-state index in [1.54, 1.807) is 25.5 Å². The number of anilines is 1. The van der Waals surface area contributed by atoms with Gasteiger partial charge in [0.15, 0.2) is 0 Å². The van der Waals surface area contributed by atoms with Gasteiger partial charge in [0.25, 0.3) is 0 Å². The molecule has 2 aromatic rings. The lowest BCUT2D eigenvalue weighted by molar-refractivity contribution is -0.115. The molecule has 94 valence electrons. The zero-order valence-corrected chi connectivity index (χ0v) is 10.4. The molecule has 0 fully saturated rings. The summed E-state index contributed by atoms with van der Waals surface area (Å²) in [6.07, 6.45) is 1.76. The molecule has 0 spiro atoms. The fourth-order valence-electron chi connectivity index (χ4n) is 1.69. The number of furan rings is 1. The molecule has 0 saturated heterocycles. The first-order valence-corrected chi connectivity index (χ1v) is 5.66. The highest BCUT2D eigenvalue weighted by atomic mass is 16.5. The summed E-state index contributed by atoms with van der Waals surface area (Å²) in [5.74, 6) is 1.15. The Morgan fingerprint density at radius 2 is 2.22 bits per heavy atom. The van der Waals surface area contributed by atoms with Crippen LogP contribution in [-0.4, -0.2) is 13.0 Å². The molecular weight excluding hydrogens is 230 g/mol. The largest absolute Gasteiger partial charge is 0.495 e. The van der Waals surface area contributed by atoms with Gasteiger partial charge in [-0.2, -0.15) is 0 Å². The number of methoxy groups -OCH3 is 1. The van der Waals surface area contributed by atoms with Gasteiger partial charge in [0, 0.05) is 0 Å². The van der Waals surface area contributed by atoms with Crippen LogP contribution in [0.3, 0.4) is 0 Å². The van der Waals surface area contributed by atoms with Gasteiger partial charge in [0.05, 0.1) is 25.5 Å². The fraction of sp³-hybridized carbons (Fsp3) is 0.214. The molecule has 0 aliphatic rings. The van der Waals surface area contributed by atoms with Crippen LogP contribution in [0.1, 0.15) is 11.3 Å². The number of benzene rings is 1. The third kappa shape index (κ3) is 2.91. The van der Waals surface area contributed by atoms with E-state index in [0.717, 1.165) is 5.56 Å². The van der Waals surface area contributed by atoms with E-state index in [1.165, 1.54) is 0 Å². The Hall–Kier alpha value is -2.23. The molecular formula is C14H15NO3. The zero-order valence-electron chi connectivity index (χ0n) is 10.4. The summed E-state index contributed by atoms with van der Waals surface area (Å²) in [4.78, 5) is 11.8. The minimum absolute atomic E-state index is 0.131. The van der Waals surface area contributed by atoms with Crippen molar-refractivity contribution >= 4 is 11.6 Å². The van der Waals surface area contributed by atoms with Crippen LogP contribution in [0.5, 0.6) is 5.75 Å². The number of aryl methyl sites for hydroxylation is 1. The van der Waals surface area contributed by atoms with E-state index in [2.05, 4.69) is 5.32 Å². The second-order valence-electron chi connectivity index (χ2n) is 4.01. The Bertz CT molecular complexity index is 532. The second-order valence-corrected chi connectivity index (χ2v) is 4.01. The zero-order chi connectivity index (χ0) is 13.0. The van der Waals surface area contributed by atoms with Crippen molar-refractivity contribution in [3.63, 3.8) is 0 Å². The highest BCUT2D eigenvalue weighted by Gasteiger charge is 2.09. The first kappa shape index (κ1) is 12.2. The van der Waals surface area contributed by atoms with E-state index in [1.807, 2.05) is 25.1 Å². The third-order valence-corrected chi connectivity index (χ3v) is 2.54. The average molecular weight is 245 g/mol. The van der Waals surface area contributed by atoms with Gasteiger partial charge in [-0.3, -0.25) is 4.79 Å². The lowest BCUT2D eigenvalue weighted by Crippen LogP contribution is -2.14. The Labute approximate surface area is 106 Å². The molecule has 0 aliphatic heterocycles. The lowest BCUT2D eigenvalue weighted by Gasteiger charge is -2.10. The average Bonchev–Trinajstić information content (AvgIpc) is 2.82. The molecule has 2 rings (SSSR count). The van der Waals surface area contributed by atoms with E-state index in [9.17, 15) is 4.79 Å². The maximum Gasteiger partial charge on any atom is 0.232 e. The van der Waals surface area contributed by atoms with Gasteiger partial charge >= 0.3 is 0 Å². The van der Waals surface area contributed by atoms with Crippen molar-refractivity contribution in [1.82, 2.24) is 0 Å². The van der Waals surface area contributed by atoms with Crippen LogP contribution >= 0.6 is 0 Å². The Morgan fingerprint density at radius 3 is 2.89 bits per heavy atom. The molecule has 1 aromatic heterocycles. The van der Waals surface area contributed by atoms with Gasteiger partial charge in [0.1, 0.15) is 11.5 Å². The molecule has 18 heavy (non-hydrogen) atoms. The highest BCUT2D eigenvalue weighted by Crippen LogP contribution is 2.25. The molecule has 1 aromatic carbocycles. The van der Waals surface area contributed by atoms with Crippen molar-refractivity contribution in [3.8, 4) is 5.75 Å². The first-order valence-electron chi connectivity index (χ1n) is 5.66. The number of rotatable bonds is 4. The Balaban J connectivity index is 2.08. The first-order chi connectivity index (χ1) is 8.69. The summed E-state index contributed by atoms with van der Waals surface area (Å²) in [5.41, 5.74) is 1.73. The summed E-state index contributed by atoms with van der Waals surface area (Å²) in [6.45, 7) is 1.96. The van der Waals surface area contributed by atoms with Crippen LogP contribution in [0.4, 0.5) is 5.69 Å². The lowest BCUT2D eigenvalue weighted by atomic mass is 10.2. The van der Waals surface area contributed by atoms with Gasteiger partial charge in [-0.15, -0.1) is 0 Å². The van der Waals surface area contributed by atoms with E-state index >= 15 is 0 Å². The number of nitrogens with one attached hydrogen (secondary N) is 1. The quantitative estimate of drug-likeness (QED) is 0.901.